The monoisotopic (exact) mass is 376 g/mol. The first-order valence-electron chi connectivity index (χ1n) is 8.27. The molecule has 0 radical (unpaired) electrons. The molecular weight excluding hydrogens is 352 g/mol. The molecule has 0 saturated carbocycles. The highest BCUT2D eigenvalue weighted by atomic mass is 32.2. The number of aromatic nitrogens is 1. The molecule has 1 aromatic heterocycles. The van der Waals surface area contributed by atoms with Gasteiger partial charge in [-0.25, -0.2) is 13.2 Å². The van der Waals surface area contributed by atoms with Gasteiger partial charge in [-0.2, -0.15) is 0 Å². The minimum atomic E-state index is -3.39. The van der Waals surface area contributed by atoms with Gasteiger partial charge in [-0.3, -0.25) is 9.71 Å². The minimum Gasteiger partial charge on any atom is -0.329 e. The van der Waals surface area contributed by atoms with Crippen LogP contribution in [-0.4, -0.2) is 25.7 Å². The Labute approximate surface area is 154 Å². The summed E-state index contributed by atoms with van der Waals surface area (Å²) in [5.74, 6) is 0. The van der Waals surface area contributed by atoms with Crippen molar-refractivity contribution in [2.24, 2.45) is 0 Å². The second kappa shape index (κ2) is 8.18. The van der Waals surface area contributed by atoms with Crippen molar-refractivity contribution in [2.75, 3.05) is 16.3 Å². The van der Waals surface area contributed by atoms with Crippen LogP contribution in [0.4, 0.5) is 16.2 Å². The van der Waals surface area contributed by atoms with Gasteiger partial charge in [0.15, 0.2) is 0 Å². The molecule has 1 aromatic carbocycles. The van der Waals surface area contributed by atoms with Crippen LogP contribution in [0.3, 0.4) is 0 Å². The number of carbonyl (C=O) groups excluding carboxylic acids is 1. The number of hydrogen-bond donors (Lipinski definition) is 3. The summed E-state index contributed by atoms with van der Waals surface area (Å²) in [5.41, 5.74) is 3.58. The number of carbonyl (C=O) groups is 1. The number of pyridine rings is 1. The van der Waals surface area contributed by atoms with E-state index >= 15 is 0 Å². The molecule has 0 aliphatic rings. The molecule has 140 valence electrons. The number of rotatable bonds is 6. The fourth-order valence-electron chi connectivity index (χ4n) is 2.58. The average Bonchev–Trinajstić information content (AvgIpc) is 2.55. The molecule has 0 spiro atoms. The fourth-order valence-corrected chi connectivity index (χ4v) is 3.13. The van der Waals surface area contributed by atoms with Crippen LogP contribution >= 0.6 is 0 Å². The quantitative estimate of drug-likeness (QED) is 0.720. The summed E-state index contributed by atoms with van der Waals surface area (Å²) in [7, 11) is -3.39. The number of sulfonamides is 1. The van der Waals surface area contributed by atoms with Crippen molar-refractivity contribution < 1.29 is 13.2 Å². The molecule has 2 amide bonds. The number of nitrogens with zero attached hydrogens (tertiary/aromatic N) is 1. The van der Waals surface area contributed by atoms with Crippen LogP contribution in [0, 0.1) is 13.8 Å². The smallest absolute Gasteiger partial charge is 0.319 e. The summed E-state index contributed by atoms with van der Waals surface area (Å²) in [6, 6.07) is 8.19. The lowest BCUT2D eigenvalue weighted by Crippen LogP contribution is -2.33. The number of urea groups is 1. The van der Waals surface area contributed by atoms with Gasteiger partial charge in [-0.05, 0) is 49.6 Å². The molecule has 0 aliphatic heterocycles. The Hall–Kier alpha value is -2.61. The molecule has 3 N–H and O–H groups in total. The predicted molar refractivity (Wildman–Crippen MR) is 104 cm³/mol. The Balaban J connectivity index is 2.14. The zero-order chi connectivity index (χ0) is 19.3. The number of hydrogen-bond acceptors (Lipinski definition) is 4. The van der Waals surface area contributed by atoms with E-state index in [-0.39, 0.29) is 12.1 Å². The van der Waals surface area contributed by atoms with E-state index < -0.39 is 10.0 Å². The molecule has 2 rings (SSSR count). The standard InChI is InChI=1S/C18H24N4O3S/c1-5-15(17-13(3)7-6-10-19-17)20-18(23)21-16-11-14(9-8-12(16)2)22-26(4,24)25/h6-11,15,22H,5H2,1-4H3,(H2,20,21,23). The van der Waals surface area contributed by atoms with Crippen LogP contribution in [0.2, 0.25) is 0 Å². The number of benzene rings is 1. The third-order valence-corrected chi connectivity index (χ3v) is 4.49. The minimum absolute atomic E-state index is 0.214. The molecule has 0 fully saturated rings. The third kappa shape index (κ3) is 5.45. The van der Waals surface area contributed by atoms with E-state index in [0.717, 1.165) is 23.1 Å². The van der Waals surface area contributed by atoms with Crippen molar-refractivity contribution in [3.8, 4) is 0 Å². The maximum absolute atomic E-state index is 12.4. The molecule has 0 aliphatic carbocycles. The van der Waals surface area contributed by atoms with Crippen molar-refractivity contribution in [3.05, 3.63) is 53.3 Å². The Bertz CT molecular complexity index is 897. The van der Waals surface area contributed by atoms with E-state index in [1.54, 1.807) is 24.4 Å². The molecule has 1 atom stereocenters. The average molecular weight is 376 g/mol. The van der Waals surface area contributed by atoms with Crippen LogP contribution in [-0.2, 0) is 10.0 Å². The maximum Gasteiger partial charge on any atom is 0.319 e. The molecule has 0 bridgehead atoms. The van der Waals surface area contributed by atoms with Crippen LogP contribution in [0.25, 0.3) is 0 Å². The van der Waals surface area contributed by atoms with Crippen molar-refractivity contribution in [1.82, 2.24) is 10.3 Å². The molecule has 8 heteroatoms. The number of anilines is 2. The molecule has 2 aromatic rings. The van der Waals surface area contributed by atoms with E-state index in [1.807, 2.05) is 32.9 Å². The van der Waals surface area contributed by atoms with Gasteiger partial charge in [0.1, 0.15) is 0 Å². The lowest BCUT2D eigenvalue weighted by molar-refractivity contribution is 0.248. The van der Waals surface area contributed by atoms with Crippen molar-refractivity contribution in [2.45, 2.75) is 33.2 Å². The molecule has 7 nitrogen and oxygen atoms in total. The molecule has 1 heterocycles. The Morgan fingerprint density at radius 3 is 2.54 bits per heavy atom. The summed E-state index contributed by atoms with van der Waals surface area (Å²) >= 11 is 0. The Morgan fingerprint density at radius 1 is 1.19 bits per heavy atom. The van der Waals surface area contributed by atoms with Gasteiger partial charge in [0.2, 0.25) is 10.0 Å². The first-order valence-corrected chi connectivity index (χ1v) is 10.2. The highest BCUT2D eigenvalue weighted by Gasteiger charge is 2.16. The zero-order valence-electron chi connectivity index (χ0n) is 15.3. The predicted octanol–water partition coefficient (Wildman–Crippen LogP) is 3.34. The van der Waals surface area contributed by atoms with Crippen molar-refractivity contribution in [3.63, 3.8) is 0 Å². The maximum atomic E-state index is 12.4. The summed E-state index contributed by atoms with van der Waals surface area (Å²) in [6.45, 7) is 5.76. The van der Waals surface area contributed by atoms with E-state index in [2.05, 4.69) is 20.3 Å². The summed E-state index contributed by atoms with van der Waals surface area (Å²) in [5, 5.41) is 5.69. The summed E-state index contributed by atoms with van der Waals surface area (Å²) < 4.78 is 25.1. The summed E-state index contributed by atoms with van der Waals surface area (Å²) in [4.78, 5) is 16.8. The fraction of sp³-hybridized carbons (Fsp3) is 0.333. The largest absolute Gasteiger partial charge is 0.329 e. The topological polar surface area (TPSA) is 100 Å². The van der Waals surface area contributed by atoms with Gasteiger partial charge in [-0.15, -0.1) is 0 Å². The first-order chi connectivity index (χ1) is 12.2. The van der Waals surface area contributed by atoms with Gasteiger partial charge in [0, 0.05) is 11.9 Å². The zero-order valence-corrected chi connectivity index (χ0v) is 16.1. The Morgan fingerprint density at radius 2 is 1.92 bits per heavy atom. The second-order valence-corrected chi connectivity index (χ2v) is 7.92. The first kappa shape index (κ1) is 19.7. The molecule has 0 saturated heterocycles. The number of amides is 2. The van der Waals surface area contributed by atoms with E-state index in [1.165, 1.54) is 0 Å². The van der Waals surface area contributed by atoms with Gasteiger partial charge >= 0.3 is 6.03 Å². The molecular formula is C18H24N4O3S. The van der Waals surface area contributed by atoms with Gasteiger partial charge in [0.25, 0.3) is 0 Å². The normalized spacial score (nSPS) is 12.3. The third-order valence-electron chi connectivity index (χ3n) is 3.88. The SMILES string of the molecule is CCC(NC(=O)Nc1cc(NS(C)(=O)=O)ccc1C)c1ncccc1C. The molecule has 26 heavy (non-hydrogen) atoms. The van der Waals surface area contributed by atoms with Crippen LogP contribution in [0.15, 0.2) is 36.5 Å². The lowest BCUT2D eigenvalue weighted by Gasteiger charge is -2.19. The van der Waals surface area contributed by atoms with Crippen molar-refractivity contribution >= 4 is 27.4 Å². The van der Waals surface area contributed by atoms with Crippen molar-refractivity contribution in [1.29, 1.82) is 0 Å². The van der Waals surface area contributed by atoms with Crippen LogP contribution in [0.1, 0.15) is 36.2 Å². The van der Waals surface area contributed by atoms with Crippen LogP contribution < -0.4 is 15.4 Å². The highest BCUT2D eigenvalue weighted by molar-refractivity contribution is 7.92. The lowest BCUT2D eigenvalue weighted by atomic mass is 10.1. The Kier molecular flexibility index (Phi) is 6.20. The van der Waals surface area contributed by atoms with Gasteiger partial charge in [0.05, 0.1) is 23.7 Å². The second-order valence-electron chi connectivity index (χ2n) is 6.17. The van der Waals surface area contributed by atoms with Crippen LogP contribution in [0.5, 0.6) is 0 Å². The van der Waals surface area contributed by atoms with E-state index in [9.17, 15) is 13.2 Å². The number of nitrogens with one attached hydrogen (secondary N) is 3. The van der Waals surface area contributed by atoms with Gasteiger partial charge < -0.3 is 10.6 Å². The van der Waals surface area contributed by atoms with E-state index in [0.29, 0.717) is 17.8 Å². The number of aryl methyl sites for hydroxylation is 2. The molecule has 1 unspecified atom stereocenters. The van der Waals surface area contributed by atoms with Gasteiger partial charge in [-0.1, -0.05) is 19.1 Å². The highest BCUT2D eigenvalue weighted by Crippen LogP contribution is 2.22. The summed E-state index contributed by atoms with van der Waals surface area (Å²) in [6.07, 6.45) is 3.47. The van der Waals surface area contributed by atoms with E-state index in [4.69, 9.17) is 0 Å².